The minimum Gasteiger partial charge on any atom is -0.505 e. The molecule has 0 unspecified atom stereocenters. The fourth-order valence-corrected chi connectivity index (χ4v) is 2.85. The van der Waals surface area contributed by atoms with Gasteiger partial charge in [-0.15, -0.1) is 0 Å². The second kappa shape index (κ2) is 6.47. The summed E-state index contributed by atoms with van der Waals surface area (Å²) in [7, 11) is 0. The summed E-state index contributed by atoms with van der Waals surface area (Å²) in [6.45, 7) is 0. The van der Waals surface area contributed by atoms with Gasteiger partial charge in [0, 0.05) is 21.3 Å². The van der Waals surface area contributed by atoms with Crippen molar-refractivity contribution in [3.8, 4) is 22.9 Å². The number of H-pyrrole nitrogens is 1. The highest BCUT2D eigenvalue weighted by Gasteiger charge is 2.24. The van der Waals surface area contributed by atoms with E-state index < -0.39 is 11.8 Å². The molecule has 0 radical (unpaired) electrons. The summed E-state index contributed by atoms with van der Waals surface area (Å²) in [6, 6.07) is 13.4. The topological polar surface area (TPSA) is 85.4 Å². The third kappa shape index (κ3) is 3.18. The number of nitrogens with one attached hydrogen (secondary N) is 2. The number of hydrogen-bond donors (Lipinski definition) is 4. The summed E-state index contributed by atoms with van der Waals surface area (Å²) in [5.74, 6) is -1.47. The predicted molar refractivity (Wildman–Crippen MR) is 94.0 cm³/mol. The first-order valence-corrected chi connectivity index (χ1v) is 7.68. The van der Waals surface area contributed by atoms with Crippen molar-refractivity contribution in [2.75, 3.05) is 5.32 Å². The van der Waals surface area contributed by atoms with Gasteiger partial charge in [-0.25, -0.2) is 0 Å². The van der Waals surface area contributed by atoms with Crippen LogP contribution in [0.15, 0.2) is 48.5 Å². The first-order chi connectivity index (χ1) is 11.5. The van der Waals surface area contributed by atoms with Crippen molar-refractivity contribution >= 4 is 34.8 Å². The summed E-state index contributed by atoms with van der Waals surface area (Å²) < 4.78 is 0. The lowest BCUT2D eigenvalue weighted by Gasteiger charge is -2.06. The van der Waals surface area contributed by atoms with Crippen LogP contribution in [0.1, 0.15) is 10.4 Å². The van der Waals surface area contributed by atoms with Crippen LogP contribution in [0, 0.1) is 0 Å². The van der Waals surface area contributed by atoms with Crippen LogP contribution >= 0.6 is 23.2 Å². The fourth-order valence-electron chi connectivity index (χ4n) is 2.33. The third-order valence-electron chi connectivity index (χ3n) is 3.36. The van der Waals surface area contributed by atoms with E-state index in [-0.39, 0.29) is 17.0 Å². The Balaban J connectivity index is 1.95. The lowest BCUT2D eigenvalue weighted by atomic mass is 10.1. The average molecular weight is 363 g/mol. The van der Waals surface area contributed by atoms with Crippen molar-refractivity contribution in [2.24, 2.45) is 0 Å². The second-order valence-electron chi connectivity index (χ2n) is 5.05. The molecule has 2 aromatic carbocycles. The van der Waals surface area contributed by atoms with E-state index in [1.807, 2.05) is 6.07 Å². The van der Waals surface area contributed by atoms with Crippen LogP contribution in [-0.2, 0) is 0 Å². The van der Waals surface area contributed by atoms with Gasteiger partial charge >= 0.3 is 0 Å². The normalized spacial score (nSPS) is 10.6. The van der Waals surface area contributed by atoms with E-state index in [4.69, 9.17) is 23.2 Å². The molecule has 0 aliphatic heterocycles. The Bertz CT molecular complexity index is 887. The maximum absolute atomic E-state index is 12.4. The number of hydrogen-bond acceptors (Lipinski definition) is 3. The van der Waals surface area contributed by atoms with Crippen LogP contribution in [0.2, 0.25) is 10.0 Å². The van der Waals surface area contributed by atoms with Crippen molar-refractivity contribution in [1.29, 1.82) is 0 Å². The zero-order valence-electron chi connectivity index (χ0n) is 12.2. The van der Waals surface area contributed by atoms with Crippen molar-refractivity contribution in [3.63, 3.8) is 0 Å². The van der Waals surface area contributed by atoms with Crippen LogP contribution < -0.4 is 5.32 Å². The molecule has 0 saturated heterocycles. The lowest BCUT2D eigenvalue weighted by Crippen LogP contribution is -2.11. The Kier molecular flexibility index (Phi) is 4.38. The third-order valence-corrected chi connectivity index (χ3v) is 3.80. The molecule has 0 aliphatic carbocycles. The van der Waals surface area contributed by atoms with Gasteiger partial charge in [0.25, 0.3) is 5.91 Å². The number of aromatic hydroxyl groups is 2. The highest BCUT2D eigenvalue weighted by Crippen LogP contribution is 2.37. The van der Waals surface area contributed by atoms with Gasteiger partial charge in [-0.3, -0.25) is 4.79 Å². The maximum Gasteiger partial charge on any atom is 0.264 e. The van der Waals surface area contributed by atoms with Crippen LogP contribution in [0.4, 0.5) is 5.69 Å². The number of carbonyl (C=O) groups excluding carboxylic acids is 1. The molecule has 24 heavy (non-hydrogen) atoms. The quantitative estimate of drug-likeness (QED) is 0.546. The van der Waals surface area contributed by atoms with Gasteiger partial charge in [-0.05, 0) is 18.2 Å². The number of aromatic nitrogens is 1. The molecule has 1 heterocycles. The molecule has 122 valence electrons. The van der Waals surface area contributed by atoms with Crippen LogP contribution in [0.3, 0.4) is 0 Å². The van der Waals surface area contributed by atoms with E-state index in [1.165, 1.54) is 18.2 Å². The molecule has 1 aromatic heterocycles. The smallest absolute Gasteiger partial charge is 0.264 e. The molecule has 0 aliphatic rings. The summed E-state index contributed by atoms with van der Waals surface area (Å²) in [5, 5.41) is 23.6. The molecule has 7 heteroatoms. The Hall–Kier alpha value is -2.63. The monoisotopic (exact) mass is 362 g/mol. The van der Waals surface area contributed by atoms with Gasteiger partial charge in [-0.2, -0.15) is 0 Å². The molecule has 5 nitrogen and oxygen atoms in total. The first kappa shape index (κ1) is 16.2. The molecular formula is C17H12Cl2N2O3. The molecule has 4 N–H and O–H groups in total. The largest absolute Gasteiger partial charge is 0.505 e. The number of carbonyl (C=O) groups is 1. The number of aromatic amines is 1. The SMILES string of the molecule is O=C(Nc1cc(Cl)cc(Cl)c1)c1c(O)[nH]c(-c2ccccc2)c1O. The van der Waals surface area contributed by atoms with Gasteiger partial charge in [0.2, 0.25) is 5.88 Å². The van der Waals surface area contributed by atoms with Crippen LogP contribution in [0.25, 0.3) is 11.3 Å². The Morgan fingerprint density at radius 1 is 1.00 bits per heavy atom. The van der Waals surface area contributed by atoms with Crippen molar-refractivity contribution in [3.05, 3.63) is 64.1 Å². The first-order valence-electron chi connectivity index (χ1n) is 6.92. The van der Waals surface area contributed by atoms with E-state index in [0.717, 1.165) is 0 Å². The van der Waals surface area contributed by atoms with Gasteiger partial charge in [-0.1, -0.05) is 53.5 Å². The zero-order valence-corrected chi connectivity index (χ0v) is 13.7. The average Bonchev–Trinajstić information content (AvgIpc) is 2.82. The minimum atomic E-state index is -0.693. The van der Waals surface area contributed by atoms with E-state index in [1.54, 1.807) is 24.3 Å². The van der Waals surface area contributed by atoms with Gasteiger partial charge in [0.1, 0.15) is 5.56 Å². The Labute approximate surface area is 147 Å². The van der Waals surface area contributed by atoms with E-state index in [2.05, 4.69) is 10.3 Å². The van der Waals surface area contributed by atoms with Crippen LogP contribution in [0.5, 0.6) is 11.6 Å². The molecular weight excluding hydrogens is 351 g/mol. The summed E-state index contributed by atoms with van der Waals surface area (Å²) in [6.07, 6.45) is 0. The molecule has 0 fully saturated rings. The molecule has 3 rings (SSSR count). The number of rotatable bonds is 3. The predicted octanol–water partition coefficient (Wildman–Crippen LogP) is 4.65. The second-order valence-corrected chi connectivity index (χ2v) is 5.92. The summed E-state index contributed by atoms with van der Waals surface area (Å²) in [5.41, 5.74) is 0.973. The van der Waals surface area contributed by atoms with E-state index in [0.29, 0.717) is 21.3 Å². The van der Waals surface area contributed by atoms with Gasteiger partial charge in [0.15, 0.2) is 5.75 Å². The summed E-state index contributed by atoms with van der Waals surface area (Å²) >= 11 is 11.8. The van der Waals surface area contributed by atoms with Crippen molar-refractivity contribution in [1.82, 2.24) is 4.98 Å². The Morgan fingerprint density at radius 3 is 2.25 bits per heavy atom. The molecule has 0 bridgehead atoms. The minimum absolute atomic E-state index is 0.252. The van der Waals surface area contributed by atoms with Gasteiger partial charge < -0.3 is 20.5 Å². The van der Waals surface area contributed by atoms with E-state index in [9.17, 15) is 15.0 Å². The number of amides is 1. The fraction of sp³-hybridized carbons (Fsp3) is 0. The van der Waals surface area contributed by atoms with E-state index >= 15 is 0 Å². The van der Waals surface area contributed by atoms with Crippen LogP contribution in [-0.4, -0.2) is 21.1 Å². The maximum atomic E-state index is 12.4. The standard InChI is InChI=1S/C17H12Cl2N2O3/c18-10-6-11(19)8-12(7-10)20-16(23)13-15(22)14(21-17(13)24)9-4-2-1-3-5-9/h1-8,21-22,24H,(H,20,23). The molecule has 1 amide bonds. The number of halogens is 2. The van der Waals surface area contributed by atoms with Crippen molar-refractivity contribution < 1.29 is 15.0 Å². The molecule has 0 saturated carbocycles. The van der Waals surface area contributed by atoms with Gasteiger partial charge in [0.05, 0.1) is 5.69 Å². The molecule has 0 atom stereocenters. The lowest BCUT2D eigenvalue weighted by molar-refractivity contribution is 0.102. The number of anilines is 1. The highest BCUT2D eigenvalue weighted by atomic mass is 35.5. The molecule has 3 aromatic rings. The number of benzene rings is 2. The highest BCUT2D eigenvalue weighted by molar-refractivity contribution is 6.35. The zero-order chi connectivity index (χ0) is 17.3. The Morgan fingerprint density at radius 2 is 1.62 bits per heavy atom. The van der Waals surface area contributed by atoms with Crippen molar-refractivity contribution in [2.45, 2.75) is 0 Å². The summed E-state index contributed by atoms with van der Waals surface area (Å²) in [4.78, 5) is 15.0. The molecule has 0 spiro atoms.